The Morgan fingerprint density at radius 3 is 2.24 bits per heavy atom. The Kier molecular flexibility index (Phi) is 5.69. The lowest BCUT2D eigenvalue weighted by Crippen LogP contribution is -2.33. The zero-order chi connectivity index (χ0) is 17.6. The van der Waals surface area contributed by atoms with E-state index in [9.17, 15) is 0 Å². The van der Waals surface area contributed by atoms with Gasteiger partial charge in [-0.15, -0.1) is 0 Å². The Morgan fingerprint density at radius 1 is 0.880 bits per heavy atom. The number of thiocarbonyl (C=S) groups is 1. The first-order valence-electron chi connectivity index (χ1n) is 8.06. The molecule has 0 aliphatic heterocycles. The maximum absolute atomic E-state index is 6.04. The number of anilines is 1. The van der Waals surface area contributed by atoms with E-state index >= 15 is 0 Å². The molecule has 4 heteroatoms. The number of benzene rings is 3. The molecule has 3 rings (SSSR count). The summed E-state index contributed by atoms with van der Waals surface area (Å²) in [6.45, 7) is 2.08. The molecule has 0 unspecified atom stereocenters. The minimum absolute atomic E-state index is 0.0269. The molecule has 0 heterocycles. The van der Waals surface area contributed by atoms with Crippen molar-refractivity contribution in [2.75, 3.05) is 5.32 Å². The zero-order valence-corrected chi connectivity index (χ0v) is 15.4. The van der Waals surface area contributed by atoms with Crippen LogP contribution in [0.3, 0.4) is 0 Å². The average Bonchev–Trinajstić information content (AvgIpc) is 2.61. The second kappa shape index (κ2) is 8.15. The lowest BCUT2D eigenvalue weighted by Gasteiger charge is -2.22. The molecule has 3 aromatic carbocycles. The smallest absolute Gasteiger partial charge is 0.171 e. The van der Waals surface area contributed by atoms with Crippen molar-refractivity contribution in [1.82, 2.24) is 5.32 Å². The summed E-state index contributed by atoms with van der Waals surface area (Å²) in [7, 11) is 0. The van der Waals surface area contributed by atoms with Crippen LogP contribution in [0.5, 0.6) is 0 Å². The molecule has 0 spiro atoms. The van der Waals surface area contributed by atoms with E-state index in [0.717, 1.165) is 16.8 Å². The van der Waals surface area contributed by atoms with E-state index < -0.39 is 0 Å². The van der Waals surface area contributed by atoms with Crippen LogP contribution in [0.25, 0.3) is 0 Å². The molecule has 126 valence electrons. The Hall–Kier alpha value is -2.36. The molecule has 0 amide bonds. The van der Waals surface area contributed by atoms with E-state index in [-0.39, 0.29) is 6.04 Å². The van der Waals surface area contributed by atoms with Crippen molar-refractivity contribution in [3.63, 3.8) is 0 Å². The highest BCUT2D eigenvalue weighted by molar-refractivity contribution is 7.80. The first kappa shape index (κ1) is 17.5. The van der Waals surface area contributed by atoms with Crippen LogP contribution >= 0.6 is 23.8 Å². The molecule has 0 bridgehead atoms. The van der Waals surface area contributed by atoms with Crippen molar-refractivity contribution in [2.24, 2.45) is 0 Å². The van der Waals surface area contributed by atoms with Crippen LogP contribution in [-0.2, 0) is 0 Å². The first-order valence-corrected chi connectivity index (χ1v) is 8.85. The van der Waals surface area contributed by atoms with Crippen LogP contribution < -0.4 is 10.6 Å². The van der Waals surface area contributed by atoms with Gasteiger partial charge in [-0.1, -0.05) is 77.8 Å². The molecule has 0 saturated carbocycles. The van der Waals surface area contributed by atoms with Gasteiger partial charge in [-0.25, -0.2) is 0 Å². The minimum atomic E-state index is -0.0269. The van der Waals surface area contributed by atoms with Crippen LogP contribution in [0.4, 0.5) is 5.69 Å². The van der Waals surface area contributed by atoms with Gasteiger partial charge in [-0.05, 0) is 48.5 Å². The fourth-order valence-electron chi connectivity index (χ4n) is 2.63. The van der Waals surface area contributed by atoms with Gasteiger partial charge in [0.05, 0.1) is 6.04 Å². The third-order valence-corrected chi connectivity index (χ3v) is 4.36. The van der Waals surface area contributed by atoms with E-state index in [1.165, 1.54) is 5.56 Å². The van der Waals surface area contributed by atoms with Crippen molar-refractivity contribution in [1.29, 1.82) is 0 Å². The SMILES string of the molecule is Cc1ccc([C@H](NC(=S)Nc2cccc(Cl)c2)c2ccccc2)cc1. The molecular weight excluding hydrogens is 348 g/mol. The minimum Gasteiger partial charge on any atom is -0.352 e. The van der Waals surface area contributed by atoms with Crippen LogP contribution in [-0.4, -0.2) is 5.11 Å². The molecule has 0 saturated heterocycles. The predicted molar refractivity (Wildman–Crippen MR) is 110 cm³/mol. The quantitative estimate of drug-likeness (QED) is 0.577. The monoisotopic (exact) mass is 366 g/mol. The van der Waals surface area contributed by atoms with Crippen molar-refractivity contribution >= 4 is 34.6 Å². The summed E-state index contributed by atoms with van der Waals surface area (Å²) in [5.41, 5.74) is 4.41. The van der Waals surface area contributed by atoms with E-state index in [4.69, 9.17) is 23.8 Å². The molecule has 1 atom stereocenters. The lowest BCUT2D eigenvalue weighted by molar-refractivity contribution is 0.768. The van der Waals surface area contributed by atoms with Crippen LogP contribution in [0.15, 0.2) is 78.9 Å². The van der Waals surface area contributed by atoms with Gasteiger partial charge in [0.25, 0.3) is 0 Å². The normalized spacial score (nSPS) is 11.6. The van der Waals surface area contributed by atoms with E-state index in [2.05, 4.69) is 54.0 Å². The number of aryl methyl sites for hydroxylation is 1. The molecule has 0 aliphatic carbocycles. The molecule has 3 aromatic rings. The zero-order valence-electron chi connectivity index (χ0n) is 13.9. The summed E-state index contributed by atoms with van der Waals surface area (Å²) in [6.07, 6.45) is 0. The van der Waals surface area contributed by atoms with Crippen LogP contribution in [0, 0.1) is 6.92 Å². The highest BCUT2D eigenvalue weighted by Crippen LogP contribution is 2.23. The van der Waals surface area contributed by atoms with Gasteiger partial charge in [-0.3, -0.25) is 0 Å². The summed E-state index contributed by atoms with van der Waals surface area (Å²) < 4.78 is 0. The molecule has 2 nitrogen and oxygen atoms in total. The first-order chi connectivity index (χ1) is 12.1. The molecule has 0 radical (unpaired) electrons. The van der Waals surface area contributed by atoms with Gasteiger partial charge >= 0.3 is 0 Å². The highest BCUT2D eigenvalue weighted by atomic mass is 35.5. The van der Waals surface area contributed by atoms with Gasteiger partial charge in [0.2, 0.25) is 0 Å². The second-order valence-corrected chi connectivity index (χ2v) is 6.71. The van der Waals surface area contributed by atoms with E-state index in [1.54, 1.807) is 0 Å². The summed E-state index contributed by atoms with van der Waals surface area (Å²) in [5, 5.41) is 7.84. The standard InChI is InChI=1S/C21H19ClN2S/c1-15-10-12-17(13-11-15)20(16-6-3-2-4-7-16)24-21(25)23-19-9-5-8-18(22)14-19/h2-14,20H,1H3,(H2,23,24,25)/t20-/m1/s1. The molecule has 0 aromatic heterocycles. The van der Waals surface area contributed by atoms with Crippen molar-refractivity contribution in [3.8, 4) is 0 Å². The van der Waals surface area contributed by atoms with Crippen LogP contribution in [0.1, 0.15) is 22.7 Å². The van der Waals surface area contributed by atoms with Crippen molar-refractivity contribution < 1.29 is 0 Å². The maximum atomic E-state index is 6.04. The second-order valence-electron chi connectivity index (χ2n) is 5.86. The van der Waals surface area contributed by atoms with Crippen LogP contribution in [0.2, 0.25) is 5.02 Å². The third-order valence-electron chi connectivity index (χ3n) is 3.90. The lowest BCUT2D eigenvalue weighted by atomic mass is 9.98. The fraction of sp³-hybridized carbons (Fsp3) is 0.0952. The summed E-state index contributed by atoms with van der Waals surface area (Å²) in [4.78, 5) is 0. The van der Waals surface area contributed by atoms with Gasteiger partial charge < -0.3 is 10.6 Å². The fourth-order valence-corrected chi connectivity index (χ4v) is 3.05. The Bertz CT molecular complexity index is 847. The number of hydrogen-bond acceptors (Lipinski definition) is 1. The molecule has 2 N–H and O–H groups in total. The third kappa shape index (κ3) is 4.81. The van der Waals surface area contributed by atoms with Gasteiger partial charge in [-0.2, -0.15) is 0 Å². The summed E-state index contributed by atoms with van der Waals surface area (Å²) >= 11 is 11.6. The number of hydrogen-bond donors (Lipinski definition) is 2. The molecule has 0 aliphatic rings. The predicted octanol–water partition coefficient (Wildman–Crippen LogP) is 5.72. The Labute approximate surface area is 158 Å². The van der Waals surface area contributed by atoms with Gasteiger partial charge in [0.1, 0.15) is 0 Å². The number of halogens is 1. The Morgan fingerprint density at radius 2 is 1.56 bits per heavy atom. The average molecular weight is 367 g/mol. The molecule has 25 heavy (non-hydrogen) atoms. The van der Waals surface area contributed by atoms with E-state index in [0.29, 0.717) is 10.1 Å². The summed E-state index contributed by atoms with van der Waals surface area (Å²) in [6, 6.07) is 26.2. The van der Waals surface area contributed by atoms with Gasteiger partial charge in [0.15, 0.2) is 5.11 Å². The van der Waals surface area contributed by atoms with Crippen molar-refractivity contribution in [3.05, 3.63) is 101 Å². The van der Waals surface area contributed by atoms with Gasteiger partial charge in [0, 0.05) is 10.7 Å². The summed E-state index contributed by atoms with van der Waals surface area (Å²) in [5.74, 6) is 0. The molecular formula is C21H19ClN2S. The number of nitrogens with one attached hydrogen (secondary N) is 2. The largest absolute Gasteiger partial charge is 0.352 e. The maximum Gasteiger partial charge on any atom is 0.171 e. The van der Waals surface area contributed by atoms with Crippen molar-refractivity contribution in [2.45, 2.75) is 13.0 Å². The van der Waals surface area contributed by atoms with E-state index in [1.807, 2.05) is 42.5 Å². The molecule has 0 fully saturated rings. The Balaban J connectivity index is 1.82. The number of rotatable bonds is 4. The topological polar surface area (TPSA) is 24.1 Å². The highest BCUT2D eigenvalue weighted by Gasteiger charge is 2.15.